The van der Waals surface area contributed by atoms with Crippen LogP contribution in [0.2, 0.25) is 0 Å². The van der Waals surface area contributed by atoms with Crippen molar-refractivity contribution >= 4 is 6.29 Å². The van der Waals surface area contributed by atoms with Gasteiger partial charge in [-0.1, -0.05) is 20.3 Å². The summed E-state index contributed by atoms with van der Waals surface area (Å²) < 4.78 is 5.63. The van der Waals surface area contributed by atoms with E-state index in [9.17, 15) is 4.79 Å². The molecule has 0 amide bonds. The average molecular weight is 184 g/mol. The Bertz CT molecular complexity index is 175. The summed E-state index contributed by atoms with van der Waals surface area (Å²) in [6.45, 7) is 6.93. The molecule has 0 aromatic rings. The van der Waals surface area contributed by atoms with Crippen LogP contribution in [0.15, 0.2) is 0 Å². The molecule has 0 saturated heterocycles. The van der Waals surface area contributed by atoms with Crippen LogP contribution in [0.5, 0.6) is 0 Å². The second-order valence-electron chi connectivity index (χ2n) is 4.16. The Morgan fingerprint density at radius 2 is 2.23 bits per heavy atom. The van der Waals surface area contributed by atoms with Crippen molar-refractivity contribution in [1.82, 2.24) is 0 Å². The summed E-state index contributed by atoms with van der Waals surface area (Å²) in [4.78, 5) is 11.1. The number of hydrogen-bond donors (Lipinski definition) is 0. The van der Waals surface area contributed by atoms with Crippen molar-refractivity contribution < 1.29 is 9.53 Å². The highest BCUT2D eigenvalue weighted by molar-refractivity contribution is 5.63. The molecule has 0 N–H and O–H groups in total. The van der Waals surface area contributed by atoms with Crippen molar-refractivity contribution in [2.45, 2.75) is 45.6 Å². The van der Waals surface area contributed by atoms with Crippen molar-refractivity contribution in [2.24, 2.45) is 11.8 Å². The van der Waals surface area contributed by atoms with E-state index in [1.807, 2.05) is 6.92 Å². The fourth-order valence-corrected chi connectivity index (χ4v) is 2.33. The zero-order valence-corrected chi connectivity index (χ0v) is 8.88. The van der Waals surface area contributed by atoms with Crippen molar-refractivity contribution in [3.63, 3.8) is 0 Å². The molecule has 2 nitrogen and oxygen atoms in total. The summed E-state index contributed by atoms with van der Waals surface area (Å²) in [5.74, 6) is 0.962. The molecule has 0 aliphatic heterocycles. The lowest BCUT2D eigenvalue weighted by molar-refractivity contribution is -0.148. The Kier molecular flexibility index (Phi) is 3.48. The maximum atomic E-state index is 11.1. The van der Waals surface area contributed by atoms with Crippen LogP contribution in [-0.4, -0.2) is 18.5 Å². The molecule has 1 fully saturated rings. The van der Waals surface area contributed by atoms with Gasteiger partial charge in [-0.25, -0.2) is 0 Å². The van der Waals surface area contributed by atoms with Crippen LogP contribution in [0.4, 0.5) is 0 Å². The second kappa shape index (κ2) is 4.23. The lowest BCUT2D eigenvalue weighted by Crippen LogP contribution is -2.46. The Hall–Kier alpha value is -0.370. The van der Waals surface area contributed by atoms with Gasteiger partial charge in [0.1, 0.15) is 5.60 Å². The molecule has 3 unspecified atom stereocenters. The van der Waals surface area contributed by atoms with Gasteiger partial charge in [-0.15, -0.1) is 0 Å². The normalized spacial score (nSPS) is 40.2. The van der Waals surface area contributed by atoms with E-state index in [-0.39, 0.29) is 0 Å². The second-order valence-corrected chi connectivity index (χ2v) is 4.16. The van der Waals surface area contributed by atoms with Crippen molar-refractivity contribution in [3.8, 4) is 0 Å². The molecule has 3 atom stereocenters. The molecule has 1 aliphatic carbocycles. The predicted molar refractivity (Wildman–Crippen MR) is 52.6 cm³/mol. The quantitative estimate of drug-likeness (QED) is 0.630. The predicted octanol–water partition coefficient (Wildman–Crippen LogP) is 2.42. The zero-order chi connectivity index (χ0) is 9.90. The minimum absolute atomic E-state index is 0.360. The van der Waals surface area contributed by atoms with Crippen LogP contribution >= 0.6 is 0 Å². The molecule has 0 spiro atoms. The largest absolute Gasteiger partial charge is 0.368 e. The Morgan fingerprint density at radius 1 is 1.54 bits per heavy atom. The maximum Gasteiger partial charge on any atom is 0.152 e. The number of carbonyl (C=O) groups is 1. The molecular weight excluding hydrogens is 164 g/mol. The summed E-state index contributed by atoms with van der Waals surface area (Å²) >= 11 is 0. The first-order chi connectivity index (χ1) is 6.16. The van der Waals surface area contributed by atoms with Gasteiger partial charge in [0.15, 0.2) is 6.29 Å². The zero-order valence-electron chi connectivity index (χ0n) is 8.88. The monoisotopic (exact) mass is 184 g/mol. The van der Waals surface area contributed by atoms with Crippen LogP contribution < -0.4 is 0 Å². The van der Waals surface area contributed by atoms with Crippen LogP contribution in [-0.2, 0) is 9.53 Å². The van der Waals surface area contributed by atoms with Gasteiger partial charge >= 0.3 is 0 Å². The summed E-state index contributed by atoms with van der Waals surface area (Å²) in [6, 6.07) is 0. The molecule has 0 aromatic heterocycles. The molecule has 76 valence electrons. The van der Waals surface area contributed by atoms with Gasteiger partial charge in [0.25, 0.3) is 0 Å². The Morgan fingerprint density at radius 3 is 2.77 bits per heavy atom. The van der Waals surface area contributed by atoms with Crippen LogP contribution in [0.1, 0.15) is 40.0 Å². The van der Waals surface area contributed by atoms with E-state index in [0.717, 1.165) is 19.1 Å². The van der Waals surface area contributed by atoms with Gasteiger partial charge in [-0.2, -0.15) is 0 Å². The SMILES string of the molecule is CCOC1(C=O)CCCC(C)C1C. The average Bonchev–Trinajstić information content (AvgIpc) is 2.13. The highest BCUT2D eigenvalue weighted by atomic mass is 16.5. The van der Waals surface area contributed by atoms with E-state index in [4.69, 9.17) is 4.74 Å². The molecule has 1 rings (SSSR count). The van der Waals surface area contributed by atoms with Crippen LogP contribution in [0.3, 0.4) is 0 Å². The van der Waals surface area contributed by atoms with Crippen molar-refractivity contribution in [1.29, 1.82) is 0 Å². The molecule has 0 aromatic carbocycles. The van der Waals surface area contributed by atoms with Crippen molar-refractivity contribution in [3.05, 3.63) is 0 Å². The lowest BCUT2D eigenvalue weighted by Gasteiger charge is -2.41. The molecule has 1 aliphatic rings. The van der Waals surface area contributed by atoms with Gasteiger partial charge in [0.05, 0.1) is 0 Å². The van der Waals surface area contributed by atoms with E-state index in [2.05, 4.69) is 13.8 Å². The van der Waals surface area contributed by atoms with Gasteiger partial charge < -0.3 is 9.53 Å². The molecule has 0 radical (unpaired) electrons. The molecule has 13 heavy (non-hydrogen) atoms. The highest BCUT2D eigenvalue weighted by Crippen LogP contribution is 2.38. The molecule has 0 bridgehead atoms. The topological polar surface area (TPSA) is 26.3 Å². The highest BCUT2D eigenvalue weighted by Gasteiger charge is 2.42. The number of aldehydes is 1. The first-order valence-electron chi connectivity index (χ1n) is 5.26. The Labute approximate surface area is 80.7 Å². The van der Waals surface area contributed by atoms with E-state index in [1.54, 1.807) is 0 Å². The minimum atomic E-state index is -0.480. The van der Waals surface area contributed by atoms with Crippen molar-refractivity contribution in [2.75, 3.05) is 6.61 Å². The lowest BCUT2D eigenvalue weighted by atomic mass is 9.71. The molecular formula is C11H20O2. The first kappa shape index (κ1) is 10.7. The third kappa shape index (κ3) is 1.93. The van der Waals surface area contributed by atoms with Crippen LogP contribution in [0.25, 0.3) is 0 Å². The van der Waals surface area contributed by atoms with Gasteiger partial charge in [0.2, 0.25) is 0 Å². The number of rotatable bonds is 3. The first-order valence-corrected chi connectivity index (χ1v) is 5.26. The fraction of sp³-hybridized carbons (Fsp3) is 0.909. The number of hydrogen-bond acceptors (Lipinski definition) is 2. The van der Waals surface area contributed by atoms with Gasteiger partial charge in [-0.05, 0) is 31.6 Å². The van der Waals surface area contributed by atoms with Crippen LogP contribution in [0, 0.1) is 11.8 Å². The molecule has 2 heteroatoms. The van der Waals surface area contributed by atoms with Gasteiger partial charge in [-0.3, -0.25) is 0 Å². The fourth-order valence-electron chi connectivity index (χ4n) is 2.33. The standard InChI is InChI=1S/C11H20O2/c1-4-13-11(8-12)7-5-6-9(2)10(11)3/h8-10H,4-7H2,1-3H3. The molecule has 0 heterocycles. The summed E-state index contributed by atoms with van der Waals surface area (Å²) in [5.41, 5.74) is -0.480. The van der Waals surface area contributed by atoms with E-state index < -0.39 is 5.60 Å². The Balaban J connectivity index is 2.76. The summed E-state index contributed by atoms with van der Waals surface area (Å²) in [5, 5.41) is 0. The number of ether oxygens (including phenoxy) is 1. The van der Waals surface area contributed by atoms with E-state index in [0.29, 0.717) is 18.4 Å². The number of carbonyl (C=O) groups excluding carboxylic acids is 1. The molecule has 1 saturated carbocycles. The van der Waals surface area contributed by atoms with E-state index >= 15 is 0 Å². The minimum Gasteiger partial charge on any atom is -0.368 e. The van der Waals surface area contributed by atoms with E-state index in [1.165, 1.54) is 6.42 Å². The third-order valence-electron chi connectivity index (χ3n) is 3.46. The van der Waals surface area contributed by atoms with Gasteiger partial charge in [0, 0.05) is 6.61 Å². The summed E-state index contributed by atoms with van der Waals surface area (Å²) in [7, 11) is 0. The summed E-state index contributed by atoms with van der Waals surface area (Å²) in [6.07, 6.45) is 4.26. The maximum absolute atomic E-state index is 11.1. The third-order valence-corrected chi connectivity index (χ3v) is 3.46. The smallest absolute Gasteiger partial charge is 0.152 e.